The number of carbonyl (C=O) groups is 1. The molecule has 1 saturated heterocycles. The van der Waals surface area contributed by atoms with E-state index in [1.54, 1.807) is 7.05 Å². The van der Waals surface area contributed by atoms with Gasteiger partial charge in [-0.1, -0.05) is 32.1 Å². The Labute approximate surface area is 158 Å². The summed E-state index contributed by atoms with van der Waals surface area (Å²) in [6.07, 6.45) is 13.3. The second-order valence-corrected chi connectivity index (χ2v) is 8.21. The Bertz CT molecular complexity index is 469. The van der Waals surface area contributed by atoms with Crippen molar-refractivity contribution in [1.29, 1.82) is 0 Å². The van der Waals surface area contributed by atoms with Gasteiger partial charge in [0.25, 0.3) is 0 Å². The van der Waals surface area contributed by atoms with Gasteiger partial charge in [-0.3, -0.25) is 14.7 Å². The minimum atomic E-state index is 0.160. The minimum Gasteiger partial charge on any atom is -0.356 e. The van der Waals surface area contributed by atoms with E-state index in [1.807, 2.05) is 0 Å². The maximum absolute atomic E-state index is 12.1. The number of guanidine groups is 1. The first kappa shape index (κ1) is 19.5. The van der Waals surface area contributed by atoms with E-state index in [2.05, 4.69) is 25.8 Å². The molecule has 2 saturated carbocycles. The Morgan fingerprint density at radius 2 is 1.69 bits per heavy atom. The largest absolute Gasteiger partial charge is 0.356 e. The molecule has 1 unspecified atom stereocenters. The highest BCUT2D eigenvalue weighted by molar-refractivity contribution is 5.81. The maximum atomic E-state index is 12.1. The van der Waals surface area contributed by atoms with Gasteiger partial charge >= 0.3 is 0 Å². The lowest BCUT2D eigenvalue weighted by Gasteiger charge is -2.24. The molecule has 6 nitrogen and oxygen atoms in total. The van der Waals surface area contributed by atoms with E-state index in [0.29, 0.717) is 25.0 Å². The monoisotopic (exact) mass is 363 g/mol. The normalized spacial score (nSPS) is 26.2. The van der Waals surface area contributed by atoms with Gasteiger partial charge in [-0.25, -0.2) is 0 Å². The fourth-order valence-corrected chi connectivity index (χ4v) is 4.74. The lowest BCUT2D eigenvalue weighted by Crippen LogP contribution is -2.46. The van der Waals surface area contributed by atoms with E-state index in [-0.39, 0.29) is 5.91 Å². The molecule has 0 spiro atoms. The van der Waals surface area contributed by atoms with Crippen LogP contribution in [0.1, 0.15) is 70.6 Å². The zero-order valence-corrected chi connectivity index (χ0v) is 16.4. The highest BCUT2D eigenvalue weighted by Crippen LogP contribution is 2.26. The molecule has 1 amide bonds. The van der Waals surface area contributed by atoms with Crippen LogP contribution in [0.2, 0.25) is 0 Å². The lowest BCUT2D eigenvalue weighted by atomic mass is 9.95. The molecule has 0 aromatic carbocycles. The summed E-state index contributed by atoms with van der Waals surface area (Å²) in [4.78, 5) is 19.1. The zero-order valence-electron chi connectivity index (χ0n) is 16.4. The van der Waals surface area contributed by atoms with E-state index < -0.39 is 0 Å². The first-order chi connectivity index (χ1) is 12.7. The smallest absolute Gasteiger partial charge is 0.221 e. The van der Waals surface area contributed by atoms with Crippen molar-refractivity contribution >= 4 is 11.9 Å². The number of likely N-dealkylation sites (tertiary alicyclic amines) is 1. The van der Waals surface area contributed by atoms with Gasteiger partial charge in [0.2, 0.25) is 5.91 Å². The van der Waals surface area contributed by atoms with Crippen molar-refractivity contribution in [3.8, 4) is 0 Å². The molecule has 148 valence electrons. The molecule has 1 heterocycles. The van der Waals surface area contributed by atoms with Crippen LogP contribution in [-0.4, -0.2) is 61.6 Å². The molecule has 3 N–H and O–H groups in total. The highest BCUT2D eigenvalue weighted by atomic mass is 16.1. The number of aliphatic imine (C=N–C) groups is 1. The van der Waals surface area contributed by atoms with Gasteiger partial charge in [0.15, 0.2) is 5.96 Å². The van der Waals surface area contributed by atoms with Gasteiger partial charge in [0.1, 0.15) is 0 Å². The molecule has 26 heavy (non-hydrogen) atoms. The van der Waals surface area contributed by atoms with Crippen molar-refractivity contribution in [2.75, 3.05) is 26.7 Å². The molecule has 0 aromatic rings. The number of nitrogens with one attached hydrogen (secondary N) is 3. The van der Waals surface area contributed by atoms with Crippen LogP contribution in [0.15, 0.2) is 4.99 Å². The number of nitrogens with zero attached hydrogens (tertiary/aromatic N) is 2. The Kier molecular flexibility index (Phi) is 7.59. The SMILES string of the molecule is CN=C(NCCC(=O)NC1CCCCC1)NC1CCN(C2CCCC2)C1. The molecule has 3 fully saturated rings. The fraction of sp³-hybridized carbons (Fsp3) is 0.900. The summed E-state index contributed by atoms with van der Waals surface area (Å²) in [6, 6.07) is 1.67. The van der Waals surface area contributed by atoms with E-state index in [4.69, 9.17) is 0 Å². The van der Waals surface area contributed by atoms with Gasteiger partial charge in [0, 0.05) is 51.2 Å². The number of rotatable bonds is 6. The van der Waals surface area contributed by atoms with Crippen LogP contribution >= 0.6 is 0 Å². The van der Waals surface area contributed by atoms with Crippen LogP contribution in [-0.2, 0) is 4.79 Å². The topological polar surface area (TPSA) is 68.8 Å². The Morgan fingerprint density at radius 3 is 2.42 bits per heavy atom. The zero-order chi connectivity index (χ0) is 18.2. The summed E-state index contributed by atoms with van der Waals surface area (Å²) < 4.78 is 0. The summed E-state index contributed by atoms with van der Waals surface area (Å²) >= 11 is 0. The van der Waals surface area contributed by atoms with Crippen molar-refractivity contribution in [2.24, 2.45) is 4.99 Å². The fourth-order valence-electron chi connectivity index (χ4n) is 4.74. The molecule has 3 aliphatic rings. The summed E-state index contributed by atoms with van der Waals surface area (Å²) in [6.45, 7) is 2.95. The van der Waals surface area contributed by atoms with E-state index in [9.17, 15) is 4.79 Å². The van der Waals surface area contributed by atoms with Crippen LogP contribution < -0.4 is 16.0 Å². The molecule has 2 aliphatic carbocycles. The van der Waals surface area contributed by atoms with Gasteiger partial charge in [-0.2, -0.15) is 0 Å². The maximum Gasteiger partial charge on any atom is 0.221 e. The summed E-state index contributed by atoms with van der Waals surface area (Å²) in [5.41, 5.74) is 0. The van der Waals surface area contributed by atoms with E-state index in [0.717, 1.165) is 31.4 Å². The predicted octanol–water partition coefficient (Wildman–Crippen LogP) is 2.01. The highest BCUT2D eigenvalue weighted by Gasteiger charge is 2.30. The number of hydrogen-bond donors (Lipinski definition) is 3. The van der Waals surface area contributed by atoms with Crippen molar-refractivity contribution in [2.45, 2.75) is 88.8 Å². The van der Waals surface area contributed by atoms with Crippen LogP contribution in [0, 0.1) is 0 Å². The second kappa shape index (κ2) is 10.1. The van der Waals surface area contributed by atoms with Gasteiger partial charge < -0.3 is 16.0 Å². The standard InChI is InChI=1S/C20H37N5O/c1-21-20(22-13-11-19(26)23-16-7-3-2-4-8-16)24-17-12-14-25(15-17)18-9-5-6-10-18/h16-18H,2-15H2,1H3,(H,23,26)(H2,21,22,24). The molecule has 0 radical (unpaired) electrons. The molecule has 6 heteroatoms. The average Bonchev–Trinajstić information content (AvgIpc) is 3.33. The van der Waals surface area contributed by atoms with E-state index in [1.165, 1.54) is 57.9 Å². The molecule has 0 bridgehead atoms. The molecule has 1 atom stereocenters. The van der Waals surface area contributed by atoms with Gasteiger partial charge in [0.05, 0.1) is 0 Å². The Balaban J connectivity index is 1.31. The van der Waals surface area contributed by atoms with E-state index >= 15 is 0 Å². The van der Waals surface area contributed by atoms with Crippen molar-refractivity contribution in [3.05, 3.63) is 0 Å². The summed E-state index contributed by atoms with van der Waals surface area (Å²) in [5, 5.41) is 10.0. The lowest BCUT2D eigenvalue weighted by molar-refractivity contribution is -0.121. The molecular weight excluding hydrogens is 326 g/mol. The Hall–Kier alpha value is -1.30. The third kappa shape index (κ3) is 5.86. The molecule has 3 rings (SSSR count). The van der Waals surface area contributed by atoms with Crippen molar-refractivity contribution in [1.82, 2.24) is 20.9 Å². The quantitative estimate of drug-likeness (QED) is 0.499. The Morgan fingerprint density at radius 1 is 0.962 bits per heavy atom. The number of amides is 1. The third-order valence-corrected chi connectivity index (χ3v) is 6.24. The second-order valence-electron chi connectivity index (χ2n) is 8.21. The first-order valence-electron chi connectivity index (χ1n) is 10.7. The predicted molar refractivity (Wildman–Crippen MR) is 106 cm³/mol. The average molecular weight is 364 g/mol. The van der Waals surface area contributed by atoms with Gasteiger partial charge in [-0.05, 0) is 32.1 Å². The van der Waals surface area contributed by atoms with Gasteiger partial charge in [-0.15, -0.1) is 0 Å². The summed E-state index contributed by atoms with van der Waals surface area (Å²) in [5.74, 6) is 0.988. The van der Waals surface area contributed by atoms with Crippen molar-refractivity contribution < 1.29 is 4.79 Å². The van der Waals surface area contributed by atoms with Crippen LogP contribution in [0.25, 0.3) is 0 Å². The third-order valence-electron chi connectivity index (χ3n) is 6.24. The number of hydrogen-bond acceptors (Lipinski definition) is 3. The summed E-state index contributed by atoms with van der Waals surface area (Å²) in [7, 11) is 1.81. The first-order valence-corrected chi connectivity index (χ1v) is 10.7. The van der Waals surface area contributed by atoms with Crippen LogP contribution in [0.5, 0.6) is 0 Å². The number of carbonyl (C=O) groups excluding carboxylic acids is 1. The van der Waals surface area contributed by atoms with Crippen LogP contribution in [0.3, 0.4) is 0 Å². The van der Waals surface area contributed by atoms with Crippen molar-refractivity contribution in [3.63, 3.8) is 0 Å². The minimum absolute atomic E-state index is 0.160. The molecular formula is C20H37N5O. The molecule has 0 aromatic heterocycles. The van der Waals surface area contributed by atoms with Crippen LogP contribution in [0.4, 0.5) is 0 Å². The molecule has 1 aliphatic heterocycles.